The van der Waals surface area contributed by atoms with Crippen LogP contribution in [0, 0.1) is 5.92 Å². The molecule has 0 spiro atoms. The molecule has 1 unspecified atom stereocenters. The van der Waals surface area contributed by atoms with Gasteiger partial charge in [0.1, 0.15) is 5.60 Å². The molecule has 9 heteroatoms. The van der Waals surface area contributed by atoms with E-state index in [9.17, 15) is 14.4 Å². The summed E-state index contributed by atoms with van der Waals surface area (Å²) in [6.45, 7) is 9.38. The van der Waals surface area contributed by atoms with Crippen LogP contribution in [0.5, 0.6) is 0 Å². The molecule has 0 radical (unpaired) electrons. The van der Waals surface area contributed by atoms with Gasteiger partial charge in [0.25, 0.3) is 0 Å². The Morgan fingerprint density at radius 3 is 2.34 bits per heavy atom. The number of hydroxylamine groups is 2. The molecule has 0 bridgehead atoms. The first kappa shape index (κ1) is 30.8. The van der Waals surface area contributed by atoms with Gasteiger partial charge >= 0.3 is 12.1 Å². The van der Waals surface area contributed by atoms with Crippen LogP contribution in [-0.2, 0) is 30.3 Å². The number of carbonyl (C=O) groups excluding carboxylic acids is 3. The fraction of sp³-hybridized carbons (Fsp3) is 0.654. The van der Waals surface area contributed by atoms with Crippen molar-refractivity contribution in [1.82, 2.24) is 10.4 Å². The van der Waals surface area contributed by atoms with Gasteiger partial charge in [-0.15, -0.1) is 0 Å². The number of hydrogen-bond donors (Lipinski definition) is 1. The Hall–Kier alpha value is -2.26. The summed E-state index contributed by atoms with van der Waals surface area (Å²) < 4.78 is 10.4. The zero-order valence-electron chi connectivity index (χ0n) is 22.2. The summed E-state index contributed by atoms with van der Waals surface area (Å²) in [4.78, 5) is 44.3. The molecule has 1 aromatic carbocycles. The molecule has 1 N–H and O–H groups in total. The van der Waals surface area contributed by atoms with Crippen LogP contribution in [0.25, 0.3) is 0 Å². The number of nitrogens with one attached hydrogen (secondary N) is 1. The highest BCUT2D eigenvalue weighted by molar-refractivity contribution is 7.98. The van der Waals surface area contributed by atoms with Crippen molar-refractivity contribution in [1.29, 1.82) is 0 Å². The van der Waals surface area contributed by atoms with E-state index >= 15 is 0 Å². The first-order valence-corrected chi connectivity index (χ1v) is 13.5. The summed E-state index contributed by atoms with van der Waals surface area (Å²) in [5.41, 5.74) is 0.377. The third kappa shape index (κ3) is 11.8. The molecule has 0 aliphatic heterocycles. The quantitative estimate of drug-likeness (QED) is 0.288. The summed E-state index contributed by atoms with van der Waals surface area (Å²) >= 11 is 1.57. The third-order valence-electron chi connectivity index (χ3n) is 5.49. The van der Waals surface area contributed by atoms with Gasteiger partial charge in [-0.05, 0) is 57.1 Å². The first-order chi connectivity index (χ1) is 16.5. The number of methoxy groups -OCH3 is 1. The van der Waals surface area contributed by atoms with Gasteiger partial charge in [0.15, 0.2) is 6.04 Å². The molecule has 0 heterocycles. The fourth-order valence-corrected chi connectivity index (χ4v) is 3.75. The van der Waals surface area contributed by atoms with E-state index in [1.54, 1.807) is 32.5 Å². The molecule has 35 heavy (non-hydrogen) atoms. The molecule has 2 amide bonds. The van der Waals surface area contributed by atoms with Gasteiger partial charge in [-0.2, -0.15) is 11.8 Å². The lowest BCUT2D eigenvalue weighted by atomic mass is 10.0. The van der Waals surface area contributed by atoms with Gasteiger partial charge in [0.05, 0.1) is 19.8 Å². The van der Waals surface area contributed by atoms with Crippen molar-refractivity contribution < 1.29 is 28.7 Å². The molecule has 0 saturated carbocycles. The summed E-state index contributed by atoms with van der Waals surface area (Å²) in [6, 6.07) is 8.36. The maximum absolute atomic E-state index is 13.3. The number of thioether (sulfide) groups is 1. The lowest BCUT2D eigenvalue weighted by Crippen LogP contribution is -2.50. The Morgan fingerprint density at radius 2 is 1.80 bits per heavy atom. The van der Waals surface area contributed by atoms with Crippen molar-refractivity contribution in [3.63, 3.8) is 0 Å². The van der Waals surface area contributed by atoms with E-state index < -0.39 is 29.7 Å². The molecule has 0 saturated heterocycles. The largest absolute Gasteiger partial charge is 0.467 e. The third-order valence-corrected chi connectivity index (χ3v) is 6.14. The molecule has 0 aliphatic rings. The minimum absolute atomic E-state index is 0.0120. The van der Waals surface area contributed by atoms with Crippen LogP contribution >= 0.6 is 11.8 Å². The van der Waals surface area contributed by atoms with E-state index in [0.717, 1.165) is 17.0 Å². The predicted molar refractivity (Wildman–Crippen MR) is 139 cm³/mol. The van der Waals surface area contributed by atoms with Gasteiger partial charge in [-0.25, -0.2) is 14.7 Å². The molecule has 198 valence electrons. The van der Waals surface area contributed by atoms with Crippen LogP contribution in [0.4, 0.5) is 4.79 Å². The van der Waals surface area contributed by atoms with Crippen molar-refractivity contribution in [3.05, 3.63) is 35.9 Å². The Kier molecular flexibility index (Phi) is 13.8. The highest BCUT2D eigenvalue weighted by Crippen LogP contribution is 2.17. The number of rotatable bonds is 14. The lowest BCUT2D eigenvalue weighted by Gasteiger charge is -2.32. The van der Waals surface area contributed by atoms with E-state index in [-0.39, 0.29) is 24.9 Å². The topological polar surface area (TPSA) is 94.2 Å². The molecular weight excluding hydrogens is 468 g/mol. The Balaban J connectivity index is 3.06. The van der Waals surface area contributed by atoms with Crippen molar-refractivity contribution in [2.75, 3.05) is 25.7 Å². The smallest absolute Gasteiger partial charge is 0.407 e. The number of esters is 1. The van der Waals surface area contributed by atoms with Gasteiger partial charge in [-0.1, -0.05) is 50.6 Å². The summed E-state index contributed by atoms with van der Waals surface area (Å²) in [5.74, 6) is -0.152. The second-order valence-electron chi connectivity index (χ2n) is 9.46. The number of aryl methyl sites for hydroxylation is 1. The summed E-state index contributed by atoms with van der Waals surface area (Å²) in [6.07, 6.45) is 3.23. The van der Waals surface area contributed by atoms with Gasteiger partial charge in [0, 0.05) is 6.42 Å². The highest BCUT2D eigenvalue weighted by atomic mass is 32.2. The number of carbonyl (C=O) groups is 3. The number of nitrogens with zero attached hydrogens (tertiary/aromatic N) is 1. The van der Waals surface area contributed by atoms with E-state index in [1.807, 2.05) is 50.4 Å². The molecule has 3 atom stereocenters. The molecule has 1 aromatic rings. The van der Waals surface area contributed by atoms with Crippen molar-refractivity contribution >= 4 is 29.7 Å². The minimum Gasteiger partial charge on any atom is -0.467 e. The van der Waals surface area contributed by atoms with Crippen molar-refractivity contribution in [2.45, 2.75) is 78.0 Å². The van der Waals surface area contributed by atoms with Crippen LogP contribution in [0.15, 0.2) is 30.3 Å². The van der Waals surface area contributed by atoms with E-state index in [2.05, 4.69) is 5.32 Å². The van der Waals surface area contributed by atoms with E-state index in [0.29, 0.717) is 18.6 Å². The van der Waals surface area contributed by atoms with Gasteiger partial charge in [-0.3, -0.25) is 9.63 Å². The Labute approximate surface area is 214 Å². The maximum atomic E-state index is 13.3. The standard InChI is InChI=1S/C26H42N2O6S/c1-8-19(2)21(27-25(31)34-26(3,4)5)18-33-28(22(16-17-35-7)24(30)32-6)23(29)15-14-20-12-10-9-11-13-20/h9-13,19,21-22H,8,14-18H2,1-7H3,(H,27,31)/t19-,21?,22-/m0/s1. The van der Waals surface area contributed by atoms with Crippen molar-refractivity contribution in [2.24, 2.45) is 5.92 Å². The average Bonchev–Trinajstić information content (AvgIpc) is 2.82. The van der Waals surface area contributed by atoms with E-state index in [1.165, 1.54) is 7.11 Å². The zero-order chi connectivity index (χ0) is 26.4. The van der Waals surface area contributed by atoms with Crippen LogP contribution in [0.1, 0.15) is 59.4 Å². The van der Waals surface area contributed by atoms with Crippen molar-refractivity contribution in [3.8, 4) is 0 Å². The molecule has 0 fully saturated rings. The molecule has 0 aliphatic carbocycles. The van der Waals surface area contributed by atoms with Crippen LogP contribution < -0.4 is 5.32 Å². The molecular formula is C26H42N2O6S. The lowest BCUT2D eigenvalue weighted by molar-refractivity contribution is -0.211. The molecule has 1 rings (SSSR count). The monoisotopic (exact) mass is 510 g/mol. The normalized spacial score (nSPS) is 13.9. The SMILES string of the molecule is CC[C@H](C)C(CON(C(=O)CCc1ccccc1)[C@@H](CCSC)C(=O)OC)NC(=O)OC(C)(C)C. The Morgan fingerprint density at radius 1 is 1.14 bits per heavy atom. The second-order valence-corrected chi connectivity index (χ2v) is 10.4. The van der Waals surface area contributed by atoms with E-state index in [4.69, 9.17) is 14.3 Å². The second kappa shape index (κ2) is 15.7. The Bertz CT molecular complexity index is 784. The predicted octanol–water partition coefficient (Wildman–Crippen LogP) is 4.61. The van der Waals surface area contributed by atoms with Crippen LogP contribution in [0.3, 0.4) is 0 Å². The molecule has 8 nitrogen and oxygen atoms in total. The van der Waals surface area contributed by atoms with Crippen LogP contribution in [-0.4, -0.2) is 66.4 Å². The minimum atomic E-state index is -0.880. The average molecular weight is 511 g/mol. The van der Waals surface area contributed by atoms with Gasteiger partial charge in [0.2, 0.25) is 5.91 Å². The zero-order valence-corrected chi connectivity index (χ0v) is 23.0. The number of alkyl carbamates (subject to hydrolysis) is 1. The highest BCUT2D eigenvalue weighted by Gasteiger charge is 2.33. The van der Waals surface area contributed by atoms with Crippen LogP contribution in [0.2, 0.25) is 0 Å². The summed E-state index contributed by atoms with van der Waals surface area (Å²) in [7, 11) is 1.30. The van der Waals surface area contributed by atoms with Gasteiger partial charge < -0.3 is 14.8 Å². The fourth-order valence-electron chi connectivity index (χ4n) is 3.29. The number of amides is 2. The maximum Gasteiger partial charge on any atom is 0.407 e. The molecule has 0 aromatic heterocycles. The summed E-state index contributed by atoms with van der Waals surface area (Å²) in [5, 5.41) is 4.01. The first-order valence-electron chi connectivity index (χ1n) is 12.1. The number of hydrogen-bond acceptors (Lipinski definition) is 7. The number of benzene rings is 1. The number of ether oxygens (including phenoxy) is 2.